The molecule has 0 N–H and O–H groups in total. The Kier molecular flexibility index (Phi) is 6.59. The molecule has 1 aromatic rings. The first-order valence-electron chi connectivity index (χ1n) is 6.35. The molecule has 118 valence electrons. The number of rotatable bonds is 5. The molecule has 0 radical (unpaired) electrons. The summed E-state index contributed by atoms with van der Waals surface area (Å²) in [4.78, 5) is 13.8. The Balaban J connectivity index is 3.18. The van der Waals surface area contributed by atoms with E-state index in [4.69, 9.17) is 0 Å². The van der Waals surface area contributed by atoms with E-state index >= 15 is 0 Å². The fraction of sp³-hybridized carbons (Fsp3) is 0.500. The molecule has 0 bridgehead atoms. The van der Waals surface area contributed by atoms with Gasteiger partial charge >= 0.3 is 6.18 Å². The van der Waals surface area contributed by atoms with Crippen molar-refractivity contribution in [1.29, 1.82) is 0 Å². The number of carbonyl (C=O) groups excluding carboxylic acids is 1. The van der Waals surface area contributed by atoms with Crippen molar-refractivity contribution in [2.75, 3.05) is 19.1 Å². The Hall–Kier alpha value is -0.690. The average molecular weight is 384 g/mol. The van der Waals surface area contributed by atoms with Crippen LogP contribution in [0.25, 0.3) is 0 Å². The molecular weight excluding hydrogens is 367 g/mol. The minimum atomic E-state index is -4.56. The summed E-state index contributed by atoms with van der Waals surface area (Å²) in [5, 5.41) is 0. The van der Waals surface area contributed by atoms with E-state index < -0.39 is 17.6 Å². The van der Waals surface area contributed by atoms with Crippen LogP contribution in [0.15, 0.2) is 22.7 Å². The van der Waals surface area contributed by atoms with E-state index in [1.54, 1.807) is 18.8 Å². The number of alkyl halides is 3. The van der Waals surface area contributed by atoms with Crippen molar-refractivity contribution < 1.29 is 18.0 Å². The van der Waals surface area contributed by atoms with Gasteiger partial charge in [-0.25, -0.2) is 0 Å². The third-order valence-electron chi connectivity index (χ3n) is 3.22. The first-order valence-corrected chi connectivity index (χ1v) is 8.53. The molecule has 0 saturated heterocycles. The topological polar surface area (TPSA) is 20.3 Å². The van der Waals surface area contributed by atoms with Crippen LogP contribution in [0.3, 0.4) is 0 Å². The van der Waals surface area contributed by atoms with E-state index in [0.717, 1.165) is 6.07 Å². The second kappa shape index (κ2) is 7.54. The molecule has 0 heterocycles. The molecule has 0 aromatic heterocycles. The van der Waals surface area contributed by atoms with Gasteiger partial charge in [0.2, 0.25) is 0 Å². The summed E-state index contributed by atoms with van der Waals surface area (Å²) >= 11 is 4.58. The number of benzene rings is 1. The third kappa shape index (κ3) is 4.64. The zero-order chi connectivity index (χ0) is 16.2. The standard InChI is InChI=1S/C14H17BrF3NOS/c1-4-10(8-21-3)19(2)13(20)11-6-5-9(15)7-12(11)14(16,17)18/h5-7,10H,4,8H2,1-3H3. The largest absolute Gasteiger partial charge is 0.417 e. The second-order valence-corrected chi connectivity index (χ2v) is 6.45. The van der Waals surface area contributed by atoms with E-state index in [2.05, 4.69) is 15.9 Å². The van der Waals surface area contributed by atoms with Crippen LogP contribution in [0.2, 0.25) is 0 Å². The van der Waals surface area contributed by atoms with Crippen molar-refractivity contribution >= 4 is 33.6 Å². The molecule has 2 nitrogen and oxygen atoms in total. The third-order valence-corrected chi connectivity index (χ3v) is 4.43. The number of nitrogens with zero attached hydrogens (tertiary/aromatic N) is 1. The van der Waals surface area contributed by atoms with Gasteiger partial charge in [-0.15, -0.1) is 0 Å². The molecule has 0 spiro atoms. The van der Waals surface area contributed by atoms with Gasteiger partial charge in [0.15, 0.2) is 0 Å². The van der Waals surface area contributed by atoms with Crippen LogP contribution in [-0.2, 0) is 6.18 Å². The van der Waals surface area contributed by atoms with E-state index in [0.29, 0.717) is 16.6 Å². The normalized spacial score (nSPS) is 13.1. The summed E-state index contributed by atoms with van der Waals surface area (Å²) in [6.45, 7) is 1.91. The number of carbonyl (C=O) groups is 1. The first-order chi connectivity index (χ1) is 9.72. The highest BCUT2D eigenvalue weighted by Crippen LogP contribution is 2.34. The van der Waals surface area contributed by atoms with Crippen LogP contribution in [0.5, 0.6) is 0 Å². The Bertz CT molecular complexity index is 507. The highest BCUT2D eigenvalue weighted by molar-refractivity contribution is 9.10. The minimum Gasteiger partial charge on any atom is -0.338 e. The molecule has 1 amide bonds. The summed E-state index contributed by atoms with van der Waals surface area (Å²) in [6.07, 6.45) is -1.96. The fourth-order valence-corrected chi connectivity index (χ4v) is 3.19. The van der Waals surface area contributed by atoms with Gasteiger partial charge in [0.1, 0.15) is 0 Å². The molecular formula is C14H17BrF3NOS. The maximum absolute atomic E-state index is 13.1. The SMILES string of the molecule is CCC(CSC)N(C)C(=O)c1ccc(Br)cc1C(F)(F)F. The van der Waals surface area contributed by atoms with Crippen LogP contribution < -0.4 is 0 Å². The summed E-state index contributed by atoms with van der Waals surface area (Å²) in [6, 6.07) is 3.53. The Morgan fingerprint density at radius 3 is 2.52 bits per heavy atom. The number of hydrogen-bond donors (Lipinski definition) is 0. The van der Waals surface area contributed by atoms with Crippen molar-refractivity contribution in [2.45, 2.75) is 25.6 Å². The van der Waals surface area contributed by atoms with Gasteiger partial charge in [-0.05, 0) is 30.9 Å². The van der Waals surface area contributed by atoms with Crippen molar-refractivity contribution in [3.8, 4) is 0 Å². The minimum absolute atomic E-state index is 0.0859. The number of hydrogen-bond acceptors (Lipinski definition) is 2. The lowest BCUT2D eigenvalue weighted by molar-refractivity contribution is -0.138. The van der Waals surface area contributed by atoms with Crippen LogP contribution in [0.4, 0.5) is 13.2 Å². The van der Waals surface area contributed by atoms with Crippen LogP contribution in [0, 0.1) is 0 Å². The maximum atomic E-state index is 13.1. The van der Waals surface area contributed by atoms with Crippen molar-refractivity contribution in [2.24, 2.45) is 0 Å². The number of amides is 1. The van der Waals surface area contributed by atoms with Gasteiger partial charge in [-0.1, -0.05) is 22.9 Å². The first kappa shape index (κ1) is 18.4. The summed E-state index contributed by atoms with van der Waals surface area (Å²) < 4.78 is 39.6. The van der Waals surface area contributed by atoms with Crippen molar-refractivity contribution in [3.63, 3.8) is 0 Å². The van der Waals surface area contributed by atoms with Crippen molar-refractivity contribution in [1.82, 2.24) is 4.90 Å². The lowest BCUT2D eigenvalue weighted by Crippen LogP contribution is -2.39. The smallest absolute Gasteiger partial charge is 0.338 e. The zero-order valence-corrected chi connectivity index (χ0v) is 14.4. The van der Waals surface area contributed by atoms with Crippen LogP contribution in [-0.4, -0.2) is 35.9 Å². The van der Waals surface area contributed by atoms with Crippen LogP contribution in [0.1, 0.15) is 29.3 Å². The quantitative estimate of drug-likeness (QED) is 0.735. The molecule has 1 atom stereocenters. The number of halogens is 4. The number of thioether (sulfide) groups is 1. The lowest BCUT2D eigenvalue weighted by atomic mass is 10.0. The molecule has 0 saturated carbocycles. The fourth-order valence-electron chi connectivity index (χ4n) is 1.99. The van der Waals surface area contributed by atoms with Gasteiger partial charge in [0, 0.05) is 23.3 Å². The Labute approximate surface area is 135 Å². The zero-order valence-electron chi connectivity index (χ0n) is 12.0. The van der Waals surface area contributed by atoms with Crippen molar-refractivity contribution in [3.05, 3.63) is 33.8 Å². The summed E-state index contributed by atoms with van der Waals surface area (Å²) in [7, 11) is 1.55. The predicted molar refractivity (Wildman–Crippen MR) is 83.7 cm³/mol. The van der Waals surface area contributed by atoms with Gasteiger partial charge in [-0.3, -0.25) is 4.79 Å². The molecule has 1 rings (SSSR count). The van der Waals surface area contributed by atoms with E-state index in [1.807, 2.05) is 13.2 Å². The molecule has 1 aromatic carbocycles. The summed E-state index contributed by atoms with van der Waals surface area (Å²) in [5.74, 6) is 0.0899. The van der Waals surface area contributed by atoms with Gasteiger partial charge < -0.3 is 4.90 Å². The summed E-state index contributed by atoms with van der Waals surface area (Å²) in [5.41, 5.74) is -1.22. The molecule has 0 aliphatic rings. The molecule has 0 fully saturated rings. The van der Waals surface area contributed by atoms with Gasteiger partial charge in [-0.2, -0.15) is 24.9 Å². The molecule has 0 aliphatic carbocycles. The van der Waals surface area contributed by atoms with Gasteiger partial charge in [0.25, 0.3) is 5.91 Å². The predicted octanol–water partition coefficient (Wildman–Crippen LogP) is 4.68. The van der Waals surface area contributed by atoms with Crippen LogP contribution >= 0.6 is 27.7 Å². The lowest BCUT2D eigenvalue weighted by Gasteiger charge is -2.28. The van der Waals surface area contributed by atoms with Gasteiger partial charge in [0.05, 0.1) is 11.1 Å². The monoisotopic (exact) mass is 383 g/mol. The Morgan fingerprint density at radius 2 is 2.05 bits per heavy atom. The van der Waals surface area contributed by atoms with E-state index in [9.17, 15) is 18.0 Å². The highest BCUT2D eigenvalue weighted by Gasteiger charge is 2.36. The maximum Gasteiger partial charge on any atom is 0.417 e. The second-order valence-electron chi connectivity index (χ2n) is 4.62. The average Bonchev–Trinajstić information content (AvgIpc) is 2.42. The van der Waals surface area contributed by atoms with E-state index in [-0.39, 0.29) is 11.6 Å². The molecule has 21 heavy (non-hydrogen) atoms. The molecule has 0 aliphatic heterocycles. The molecule has 1 unspecified atom stereocenters. The highest BCUT2D eigenvalue weighted by atomic mass is 79.9. The Morgan fingerprint density at radius 1 is 1.43 bits per heavy atom. The van der Waals surface area contributed by atoms with E-state index in [1.165, 1.54) is 17.0 Å². The molecule has 7 heteroatoms.